The van der Waals surface area contributed by atoms with Crippen molar-refractivity contribution >= 4 is 17.4 Å². The lowest BCUT2D eigenvalue weighted by Crippen LogP contribution is -2.09. The molecule has 8 heteroatoms. The predicted octanol–water partition coefficient (Wildman–Crippen LogP) is 1.29. The first-order chi connectivity index (χ1) is 6.91. The average molecular weight is 241 g/mol. The molecule has 15 heavy (non-hydrogen) atoms. The van der Waals surface area contributed by atoms with Crippen LogP contribution in [0.2, 0.25) is 0 Å². The first-order valence-electron chi connectivity index (χ1n) is 3.32. The van der Waals surface area contributed by atoms with E-state index in [4.69, 9.17) is 0 Å². The third-order valence-electron chi connectivity index (χ3n) is 1.54. The monoisotopic (exact) mass is 241 g/mol. The summed E-state index contributed by atoms with van der Waals surface area (Å²) in [4.78, 5) is 8.30. The molecule has 1 rings (SSSR count). The molecule has 0 amide bonds. The minimum absolute atomic E-state index is 0.450. The molecule has 0 aromatic heterocycles. The van der Waals surface area contributed by atoms with Gasteiger partial charge in [0.1, 0.15) is 4.90 Å². The second kappa shape index (κ2) is 4.07. The number of carbonyl (C=O) groups excluding carboxylic acids is 1. The first-order valence-corrected chi connectivity index (χ1v) is 4.39. The van der Waals surface area contributed by atoms with E-state index in [0.29, 0.717) is 0 Å². The van der Waals surface area contributed by atoms with Crippen molar-refractivity contribution in [1.29, 1.82) is 0 Å². The van der Waals surface area contributed by atoms with Crippen molar-refractivity contribution < 1.29 is 31.1 Å². The molecule has 1 aromatic rings. The summed E-state index contributed by atoms with van der Waals surface area (Å²) in [6.45, 7) is 0. The van der Waals surface area contributed by atoms with Gasteiger partial charge in [0.15, 0.2) is 29.6 Å². The summed E-state index contributed by atoms with van der Waals surface area (Å²) in [6.07, 6.45) is -0.450. The van der Waals surface area contributed by atoms with Crippen LogP contribution < -0.4 is 0 Å². The highest BCUT2D eigenvalue weighted by atomic mass is 32.2. The highest BCUT2D eigenvalue weighted by Gasteiger charge is 2.25. The van der Waals surface area contributed by atoms with Gasteiger partial charge < -0.3 is 4.55 Å². The highest BCUT2D eigenvalue weighted by molar-refractivity contribution is 7.79. The van der Waals surface area contributed by atoms with Crippen LogP contribution in [0.4, 0.5) is 17.6 Å². The zero-order valence-electron chi connectivity index (χ0n) is 6.72. The summed E-state index contributed by atoms with van der Waals surface area (Å²) < 4.78 is 71.7. The molecule has 1 aromatic carbocycles. The fourth-order valence-corrected chi connectivity index (χ4v) is 1.35. The Morgan fingerprint density at radius 3 is 1.67 bits per heavy atom. The van der Waals surface area contributed by atoms with Gasteiger partial charge in [0, 0.05) is 0 Å². The fraction of sp³-hybridized carbons (Fsp3) is 0. The third-order valence-corrected chi connectivity index (χ3v) is 2.23. The topological polar surface area (TPSA) is 57.2 Å². The zero-order valence-corrected chi connectivity index (χ0v) is 7.54. The normalized spacial score (nSPS) is 12.6. The van der Waals surface area contributed by atoms with E-state index in [-0.39, 0.29) is 0 Å². The minimum Gasteiger partial charge on any atom is -0.768 e. The summed E-state index contributed by atoms with van der Waals surface area (Å²) in [5.41, 5.74) is -1.49. The molecule has 0 saturated heterocycles. The lowest BCUT2D eigenvalue weighted by molar-refractivity contribution is 0.111. The van der Waals surface area contributed by atoms with Crippen LogP contribution in [0, 0.1) is 23.3 Å². The molecule has 0 radical (unpaired) electrons. The maximum atomic E-state index is 12.8. The number of benzene rings is 1. The third kappa shape index (κ3) is 1.77. The Morgan fingerprint density at radius 2 is 1.40 bits per heavy atom. The van der Waals surface area contributed by atoms with Crippen molar-refractivity contribution in [2.24, 2.45) is 0 Å². The lowest BCUT2D eigenvalue weighted by Gasteiger charge is -2.10. The van der Waals surface area contributed by atoms with Crippen molar-refractivity contribution in [3.63, 3.8) is 0 Å². The van der Waals surface area contributed by atoms with Crippen LogP contribution in [0.1, 0.15) is 10.4 Å². The Morgan fingerprint density at radius 1 is 1.00 bits per heavy atom. The Kier molecular flexibility index (Phi) is 3.20. The number of rotatable bonds is 2. The molecule has 0 fully saturated rings. The van der Waals surface area contributed by atoms with Crippen LogP contribution in [-0.2, 0) is 11.1 Å². The molecule has 0 N–H and O–H groups in total. The first kappa shape index (κ1) is 11.8. The van der Waals surface area contributed by atoms with Crippen LogP contribution >= 0.6 is 0 Å². The molecular weight excluding hydrogens is 240 g/mol. The minimum atomic E-state index is -3.48. The molecule has 0 heterocycles. The number of hydrogen-bond acceptors (Lipinski definition) is 3. The fourth-order valence-electron chi connectivity index (χ4n) is 0.878. The standard InChI is InChI=1S/C7H2F4O3S/c8-3-2(1-12)4(9)6(11)7(5(3)10)15(13)14/h1H,(H,13,14)/p-1. The number of halogens is 4. The Labute approximate surface area is 83.0 Å². The van der Waals surface area contributed by atoms with Crippen LogP contribution in [0.25, 0.3) is 0 Å². The van der Waals surface area contributed by atoms with Gasteiger partial charge in [-0.1, -0.05) is 0 Å². The molecule has 0 aliphatic heterocycles. The van der Waals surface area contributed by atoms with E-state index in [2.05, 4.69) is 0 Å². The smallest absolute Gasteiger partial charge is 0.177 e. The molecule has 0 bridgehead atoms. The number of carbonyl (C=O) groups is 1. The highest BCUT2D eigenvalue weighted by Crippen LogP contribution is 2.24. The van der Waals surface area contributed by atoms with Gasteiger partial charge in [0.05, 0.1) is 5.56 Å². The lowest BCUT2D eigenvalue weighted by atomic mass is 10.2. The van der Waals surface area contributed by atoms with Gasteiger partial charge in [-0.15, -0.1) is 0 Å². The number of hydrogen-bond donors (Lipinski definition) is 0. The largest absolute Gasteiger partial charge is 0.768 e. The quantitative estimate of drug-likeness (QED) is 0.339. The van der Waals surface area contributed by atoms with E-state index in [1.807, 2.05) is 0 Å². The van der Waals surface area contributed by atoms with Crippen molar-refractivity contribution in [1.82, 2.24) is 0 Å². The molecule has 3 nitrogen and oxygen atoms in total. The summed E-state index contributed by atoms with van der Waals surface area (Å²) in [7, 11) is 0. The Balaban J connectivity index is 3.74. The second-order valence-electron chi connectivity index (χ2n) is 2.35. The molecule has 0 spiro atoms. The average Bonchev–Trinajstić information content (AvgIpc) is 2.16. The van der Waals surface area contributed by atoms with Crippen molar-refractivity contribution in [2.75, 3.05) is 0 Å². The van der Waals surface area contributed by atoms with Crippen molar-refractivity contribution in [3.05, 3.63) is 28.8 Å². The predicted molar refractivity (Wildman–Crippen MR) is 38.8 cm³/mol. The van der Waals surface area contributed by atoms with E-state index < -0.39 is 51.1 Å². The van der Waals surface area contributed by atoms with Crippen molar-refractivity contribution in [3.8, 4) is 0 Å². The van der Waals surface area contributed by atoms with Gasteiger partial charge in [-0.05, 0) is 11.1 Å². The summed E-state index contributed by atoms with van der Waals surface area (Å²) in [6, 6.07) is 0. The zero-order chi connectivity index (χ0) is 11.7. The van der Waals surface area contributed by atoms with Crippen LogP contribution in [0.15, 0.2) is 4.90 Å². The molecular formula is C7HF4O3S-. The Hall–Kier alpha value is -1.28. The van der Waals surface area contributed by atoms with E-state index in [9.17, 15) is 31.1 Å². The molecule has 0 saturated carbocycles. The summed E-state index contributed by atoms with van der Waals surface area (Å²) in [5, 5.41) is 0. The molecule has 82 valence electrons. The van der Waals surface area contributed by atoms with Crippen LogP contribution in [0.5, 0.6) is 0 Å². The van der Waals surface area contributed by atoms with Gasteiger partial charge in [-0.2, -0.15) is 0 Å². The second-order valence-corrected chi connectivity index (χ2v) is 3.23. The van der Waals surface area contributed by atoms with Gasteiger partial charge >= 0.3 is 0 Å². The van der Waals surface area contributed by atoms with E-state index in [0.717, 1.165) is 0 Å². The van der Waals surface area contributed by atoms with Crippen LogP contribution in [-0.4, -0.2) is 15.0 Å². The maximum absolute atomic E-state index is 12.8. The number of aldehydes is 1. The summed E-state index contributed by atoms with van der Waals surface area (Å²) in [5.74, 6) is -8.32. The summed E-state index contributed by atoms with van der Waals surface area (Å²) >= 11 is -3.48. The van der Waals surface area contributed by atoms with Gasteiger partial charge in [-0.3, -0.25) is 9.00 Å². The van der Waals surface area contributed by atoms with E-state index in [1.165, 1.54) is 0 Å². The van der Waals surface area contributed by atoms with Gasteiger partial charge in [-0.25, -0.2) is 17.6 Å². The van der Waals surface area contributed by atoms with Gasteiger partial charge in [0.25, 0.3) is 0 Å². The Bertz CT molecular complexity index is 431. The van der Waals surface area contributed by atoms with Crippen LogP contribution in [0.3, 0.4) is 0 Å². The van der Waals surface area contributed by atoms with Crippen molar-refractivity contribution in [2.45, 2.75) is 4.90 Å². The SMILES string of the molecule is O=Cc1c(F)c(F)c(S(=O)[O-])c(F)c1F. The molecule has 1 unspecified atom stereocenters. The molecule has 0 aliphatic rings. The van der Waals surface area contributed by atoms with Gasteiger partial charge in [0.2, 0.25) is 0 Å². The molecule has 1 atom stereocenters. The van der Waals surface area contributed by atoms with E-state index >= 15 is 0 Å². The molecule has 0 aliphatic carbocycles. The van der Waals surface area contributed by atoms with E-state index in [1.54, 1.807) is 0 Å². The maximum Gasteiger partial charge on any atom is 0.177 e.